The van der Waals surface area contributed by atoms with E-state index in [1.165, 1.54) is 0 Å². The van der Waals surface area contributed by atoms with Crippen LogP contribution in [-0.4, -0.2) is 25.5 Å². The third kappa shape index (κ3) is 3.40. The second-order valence-electron chi connectivity index (χ2n) is 5.75. The average Bonchev–Trinajstić information content (AvgIpc) is 2.61. The highest BCUT2D eigenvalue weighted by molar-refractivity contribution is 6.01. The maximum absolute atomic E-state index is 12.5. The van der Waals surface area contributed by atoms with Crippen molar-refractivity contribution < 1.29 is 14.3 Å². The van der Waals surface area contributed by atoms with E-state index in [0.717, 1.165) is 22.6 Å². The van der Waals surface area contributed by atoms with Gasteiger partial charge in [-0.2, -0.15) is 0 Å². The largest absolute Gasteiger partial charge is 0.496 e. The first-order valence-electron chi connectivity index (χ1n) is 7.97. The van der Waals surface area contributed by atoms with Crippen LogP contribution in [-0.2, 0) is 16.0 Å². The van der Waals surface area contributed by atoms with E-state index < -0.39 is 5.92 Å². The Morgan fingerprint density at radius 3 is 2.79 bits per heavy atom. The maximum atomic E-state index is 12.5. The lowest BCUT2D eigenvalue weighted by Gasteiger charge is -2.24. The van der Waals surface area contributed by atoms with Crippen molar-refractivity contribution in [3.8, 4) is 5.75 Å². The van der Waals surface area contributed by atoms with Gasteiger partial charge in [0.2, 0.25) is 11.8 Å². The summed E-state index contributed by atoms with van der Waals surface area (Å²) in [5.74, 6) is 0.132. The van der Waals surface area contributed by atoms with Crippen molar-refractivity contribution in [3.05, 3.63) is 59.7 Å². The first kappa shape index (κ1) is 16.1. The van der Waals surface area contributed by atoms with Crippen LogP contribution >= 0.6 is 0 Å². The number of hydrogen-bond donors (Lipinski definition) is 2. The predicted octanol–water partition coefficient (Wildman–Crippen LogP) is 2.48. The Bertz CT molecular complexity index is 758. The molecule has 124 valence electrons. The zero-order chi connectivity index (χ0) is 16.9. The van der Waals surface area contributed by atoms with E-state index in [2.05, 4.69) is 10.6 Å². The van der Waals surface area contributed by atoms with Crippen LogP contribution in [0.25, 0.3) is 0 Å². The number of carbonyl (C=O) groups is 2. The van der Waals surface area contributed by atoms with Gasteiger partial charge >= 0.3 is 0 Å². The first-order valence-corrected chi connectivity index (χ1v) is 7.97. The first-order chi connectivity index (χ1) is 11.7. The molecule has 0 saturated heterocycles. The number of amides is 2. The minimum atomic E-state index is -0.437. The van der Waals surface area contributed by atoms with E-state index in [1.54, 1.807) is 7.11 Å². The van der Waals surface area contributed by atoms with Gasteiger partial charge in [-0.05, 0) is 29.7 Å². The molecule has 5 nitrogen and oxygen atoms in total. The van der Waals surface area contributed by atoms with Crippen molar-refractivity contribution >= 4 is 17.5 Å². The molecule has 0 bridgehead atoms. The molecule has 1 heterocycles. The van der Waals surface area contributed by atoms with Crippen LogP contribution < -0.4 is 15.4 Å². The minimum Gasteiger partial charge on any atom is -0.496 e. The number of rotatable bonds is 5. The number of hydrogen-bond acceptors (Lipinski definition) is 3. The van der Waals surface area contributed by atoms with Gasteiger partial charge < -0.3 is 15.4 Å². The Morgan fingerprint density at radius 1 is 1.21 bits per heavy atom. The summed E-state index contributed by atoms with van der Waals surface area (Å²) in [5.41, 5.74) is 2.63. The standard InChI is InChI=1S/C19H20N2O3/c1-24-17-9-5-2-6-13(17)10-11-20-19(23)15-12-18(22)21-16-8-4-3-7-14(15)16/h2-9,15H,10-12H2,1H3,(H,20,23)(H,21,22)/t15-/m1/s1. The summed E-state index contributed by atoms with van der Waals surface area (Å²) >= 11 is 0. The molecule has 2 aromatic carbocycles. The van der Waals surface area contributed by atoms with Crippen LogP contribution in [0.3, 0.4) is 0 Å². The van der Waals surface area contributed by atoms with Gasteiger partial charge in [0.05, 0.1) is 13.0 Å². The number of methoxy groups -OCH3 is 1. The Morgan fingerprint density at radius 2 is 1.96 bits per heavy atom. The van der Waals surface area contributed by atoms with E-state index in [0.29, 0.717) is 13.0 Å². The topological polar surface area (TPSA) is 67.4 Å². The third-order valence-electron chi connectivity index (χ3n) is 4.20. The van der Waals surface area contributed by atoms with Crippen LogP contribution in [0.1, 0.15) is 23.5 Å². The van der Waals surface area contributed by atoms with Crippen molar-refractivity contribution in [1.82, 2.24) is 5.32 Å². The lowest BCUT2D eigenvalue weighted by atomic mass is 9.90. The van der Waals surface area contributed by atoms with E-state index in [9.17, 15) is 9.59 Å². The van der Waals surface area contributed by atoms with Gasteiger partial charge in [0.15, 0.2) is 0 Å². The molecule has 0 unspecified atom stereocenters. The molecule has 3 rings (SSSR count). The van der Waals surface area contributed by atoms with Gasteiger partial charge in [0.1, 0.15) is 5.75 Å². The molecule has 0 aromatic heterocycles. The summed E-state index contributed by atoms with van der Waals surface area (Å²) in [7, 11) is 1.63. The normalized spacial score (nSPS) is 16.0. The molecule has 1 aliphatic heterocycles. The summed E-state index contributed by atoms with van der Waals surface area (Å²) in [4.78, 5) is 24.3. The summed E-state index contributed by atoms with van der Waals surface area (Å²) in [5, 5.41) is 5.75. The number of para-hydroxylation sites is 2. The molecule has 2 aromatic rings. The van der Waals surface area contributed by atoms with E-state index in [4.69, 9.17) is 4.74 Å². The molecule has 0 fully saturated rings. The molecule has 1 atom stereocenters. The van der Waals surface area contributed by atoms with Crippen LogP contribution in [0.4, 0.5) is 5.69 Å². The molecule has 0 radical (unpaired) electrons. The minimum absolute atomic E-state index is 0.118. The Balaban J connectivity index is 1.64. The van der Waals surface area contributed by atoms with Gasteiger partial charge in [-0.15, -0.1) is 0 Å². The monoisotopic (exact) mass is 324 g/mol. The van der Waals surface area contributed by atoms with Gasteiger partial charge in [0.25, 0.3) is 0 Å². The third-order valence-corrected chi connectivity index (χ3v) is 4.20. The summed E-state index contributed by atoms with van der Waals surface area (Å²) < 4.78 is 5.31. The number of nitrogens with one attached hydrogen (secondary N) is 2. The quantitative estimate of drug-likeness (QED) is 0.888. The highest BCUT2D eigenvalue weighted by Crippen LogP contribution is 2.31. The van der Waals surface area contributed by atoms with Crippen LogP contribution in [0, 0.1) is 0 Å². The molecular formula is C19H20N2O3. The van der Waals surface area contributed by atoms with Crippen molar-refractivity contribution in [2.45, 2.75) is 18.8 Å². The summed E-state index contributed by atoms with van der Waals surface area (Å²) in [6.07, 6.45) is 0.855. The molecule has 2 amide bonds. The highest BCUT2D eigenvalue weighted by atomic mass is 16.5. The fourth-order valence-electron chi connectivity index (χ4n) is 3.00. The van der Waals surface area contributed by atoms with Crippen molar-refractivity contribution in [1.29, 1.82) is 0 Å². The van der Waals surface area contributed by atoms with Gasteiger partial charge in [-0.1, -0.05) is 36.4 Å². The predicted molar refractivity (Wildman–Crippen MR) is 92.1 cm³/mol. The van der Waals surface area contributed by atoms with Crippen LogP contribution in [0.2, 0.25) is 0 Å². The molecule has 0 aliphatic carbocycles. The zero-order valence-electron chi connectivity index (χ0n) is 13.5. The van der Waals surface area contributed by atoms with Crippen molar-refractivity contribution in [2.75, 3.05) is 19.0 Å². The van der Waals surface area contributed by atoms with E-state index >= 15 is 0 Å². The van der Waals surface area contributed by atoms with Crippen molar-refractivity contribution in [2.24, 2.45) is 0 Å². The number of benzene rings is 2. The summed E-state index contributed by atoms with van der Waals surface area (Å²) in [6, 6.07) is 15.2. The van der Waals surface area contributed by atoms with Gasteiger partial charge in [-0.3, -0.25) is 9.59 Å². The SMILES string of the molecule is COc1ccccc1CCNC(=O)[C@@H]1CC(=O)Nc2ccccc21. The van der Waals surface area contributed by atoms with Crippen LogP contribution in [0.5, 0.6) is 5.75 Å². The van der Waals surface area contributed by atoms with Gasteiger partial charge in [0, 0.05) is 18.7 Å². The second kappa shape index (κ2) is 7.17. The van der Waals surface area contributed by atoms with Crippen molar-refractivity contribution in [3.63, 3.8) is 0 Å². The maximum Gasteiger partial charge on any atom is 0.228 e. The fraction of sp³-hybridized carbons (Fsp3) is 0.263. The molecule has 5 heteroatoms. The average molecular weight is 324 g/mol. The summed E-state index contributed by atoms with van der Waals surface area (Å²) in [6.45, 7) is 0.499. The molecule has 1 aliphatic rings. The molecule has 0 saturated carbocycles. The molecular weight excluding hydrogens is 304 g/mol. The number of carbonyl (C=O) groups excluding carboxylic acids is 2. The number of ether oxygens (including phenoxy) is 1. The molecule has 0 spiro atoms. The second-order valence-corrected chi connectivity index (χ2v) is 5.75. The lowest BCUT2D eigenvalue weighted by Crippen LogP contribution is -2.35. The Hall–Kier alpha value is -2.82. The van der Waals surface area contributed by atoms with E-state index in [1.807, 2.05) is 48.5 Å². The zero-order valence-corrected chi connectivity index (χ0v) is 13.5. The lowest BCUT2D eigenvalue weighted by molar-refractivity contribution is -0.126. The van der Waals surface area contributed by atoms with Gasteiger partial charge in [-0.25, -0.2) is 0 Å². The number of anilines is 1. The number of fused-ring (bicyclic) bond motifs is 1. The molecule has 24 heavy (non-hydrogen) atoms. The molecule has 2 N–H and O–H groups in total. The highest BCUT2D eigenvalue weighted by Gasteiger charge is 2.30. The Labute approximate surface area is 141 Å². The van der Waals surface area contributed by atoms with Crippen LogP contribution in [0.15, 0.2) is 48.5 Å². The smallest absolute Gasteiger partial charge is 0.228 e. The fourth-order valence-corrected chi connectivity index (χ4v) is 3.00. The Kier molecular flexibility index (Phi) is 4.79. The van der Waals surface area contributed by atoms with E-state index in [-0.39, 0.29) is 18.2 Å².